The second-order valence-corrected chi connectivity index (χ2v) is 8.61. The summed E-state index contributed by atoms with van der Waals surface area (Å²) in [5.41, 5.74) is 1.18. The fourth-order valence-corrected chi connectivity index (χ4v) is 6.71. The number of hydrogen-bond donors (Lipinski definition) is 1. The second kappa shape index (κ2) is 5.30. The Bertz CT molecular complexity index is 352. The first-order valence-corrected chi connectivity index (χ1v) is 9.16. The van der Waals surface area contributed by atoms with Crippen LogP contribution in [0, 0.1) is 34.5 Å². The Kier molecular flexibility index (Phi) is 3.95. The third-order valence-electron chi connectivity index (χ3n) is 8.09. The van der Waals surface area contributed by atoms with Gasteiger partial charge in [0.25, 0.3) is 0 Å². The van der Waals surface area contributed by atoms with Crippen LogP contribution in [0.1, 0.15) is 78.6 Å². The molecule has 1 nitrogen and oxygen atoms in total. The summed E-state index contributed by atoms with van der Waals surface area (Å²) in [6.45, 7) is 7.93. The third kappa shape index (κ3) is 2.07. The van der Waals surface area contributed by atoms with Crippen LogP contribution in [0.3, 0.4) is 0 Å². The van der Waals surface area contributed by atoms with Crippen molar-refractivity contribution in [1.29, 1.82) is 0 Å². The molecule has 3 unspecified atom stereocenters. The molecule has 0 aromatic rings. The summed E-state index contributed by atoms with van der Waals surface area (Å²) in [6, 6.07) is 0. The van der Waals surface area contributed by atoms with Crippen molar-refractivity contribution in [1.82, 2.24) is 0 Å². The molecule has 0 bridgehead atoms. The number of aliphatic hydroxyl groups is 1. The average molecular weight is 278 g/mol. The topological polar surface area (TPSA) is 20.2 Å². The molecule has 3 saturated carbocycles. The number of hydrogen-bond acceptors (Lipinski definition) is 1. The molecule has 0 aromatic heterocycles. The van der Waals surface area contributed by atoms with Crippen molar-refractivity contribution in [3.05, 3.63) is 0 Å². The van der Waals surface area contributed by atoms with Crippen LogP contribution in [0.4, 0.5) is 0 Å². The molecule has 0 heterocycles. The molecule has 20 heavy (non-hydrogen) atoms. The van der Waals surface area contributed by atoms with Gasteiger partial charge in [0, 0.05) is 6.61 Å². The quantitative estimate of drug-likeness (QED) is 0.768. The molecule has 0 radical (unpaired) electrons. The highest BCUT2D eigenvalue weighted by Crippen LogP contribution is 2.64. The largest absolute Gasteiger partial charge is 0.396 e. The molecular formula is C19H34O. The van der Waals surface area contributed by atoms with Crippen LogP contribution in [0.5, 0.6) is 0 Å². The van der Waals surface area contributed by atoms with Crippen molar-refractivity contribution in [2.45, 2.75) is 78.6 Å². The molecule has 0 spiro atoms. The van der Waals surface area contributed by atoms with Gasteiger partial charge in [-0.3, -0.25) is 0 Å². The minimum absolute atomic E-state index is 0.388. The molecule has 0 aromatic carbocycles. The molecule has 6 atom stereocenters. The van der Waals surface area contributed by atoms with Crippen molar-refractivity contribution >= 4 is 0 Å². The van der Waals surface area contributed by atoms with Crippen molar-refractivity contribution in [3.8, 4) is 0 Å². The highest BCUT2D eigenvalue weighted by molar-refractivity contribution is 5.05. The maximum Gasteiger partial charge on any atom is 0.0433 e. The van der Waals surface area contributed by atoms with Crippen LogP contribution in [-0.4, -0.2) is 11.7 Å². The Morgan fingerprint density at radius 2 is 1.80 bits per heavy atom. The molecular weight excluding hydrogens is 244 g/mol. The number of fused-ring (bicyclic) bond motifs is 3. The molecule has 1 N–H and O–H groups in total. The predicted octanol–water partition coefficient (Wildman–Crippen LogP) is 5.03. The maximum absolute atomic E-state index is 9.43. The lowest BCUT2D eigenvalue weighted by Crippen LogP contribution is -2.50. The SMILES string of the molecule is CC[C@@]1(C)C(CCO)CC[C@@H]2C3CCC[C@@]3(C)CCC21. The van der Waals surface area contributed by atoms with Crippen LogP contribution < -0.4 is 0 Å². The molecule has 3 aliphatic rings. The highest BCUT2D eigenvalue weighted by Gasteiger charge is 2.56. The smallest absolute Gasteiger partial charge is 0.0433 e. The molecule has 0 aliphatic heterocycles. The molecule has 3 fully saturated rings. The summed E-state index contributed by atoms with van der Waals surface area (Å²) in [7, 11) is 0. The van der Waals surface area contributed by atoms with Gasteiger partial charge >= 0.3 is 0 Å². The van der Waals surface area contributed by atoms with E-state index in [1.807, 2.05) is 0 Å². The van der Waals surface area contributed by atoms with E-state index in [1.165, 1.54) is 51.4 Å². The van der Waals surface area contributed by atoms with E-state index in [9.17, 15) is 5.11 Å². The Morgan fingerprint density at radius 3 is 2.50 bits per heavy atom. The summed E-state index contributed by atoms with van der Waals surface area (Å²) >= 11 is 0. The third-order valence-corrected chi connectivity index (χ3v) is 8.09. The van der Waals surface area contributed by atoms with Gasteiger partial charge in [-0.25, -0.2) is 0 Å². The minimum atomic E-state index is 0.388. The normalized spacial score (nSPS) is 51.6. The van der Waals surface area contributed by atoms with Crippen molar-refractivity contribution < 1.29 is 5.11 Å². The summed E-state index contributed by atoms with van der Waals surface area (Å²) in [5.74, 6) is 3.72. The van der Waals surface area contributed by atoms with Crippen molar-refractivity contribution in [2.75, 3.05) is 6.61 Å². The van der Waals surface area contributed by atoms with Gasteiger partial charge in [0.15, 0.2) is 0 Å². The van der Waals surface area contributed by atoms with Crippen LogP contribution >= 0.6 is 0 Å². The fraction of sp³-hybridized carbons (Fsp3) is 1.00. The lowest BCUT2D eigenvalue weighted by molar-refractivity contribution is -0.0927. The summed E-state index contributed by atoms with van der Waals surface area (Å²) in [4.78, 5) is 0. The predicted molar refractivity (Wildman–Crippen MR) is 84.5 cm³/mol. The molecule has 3 aliphatic carbocycles. The van der Waals surface area contributed by atoms with Crippen molar-refractivity contribution in [2.24, 2.45) is 34.5 Å². The van der Waals surface area contributed by atoms with E-state index < -0.39 is 0 Å². The lowest BCUT2D eigenvalue weighted by atomic mass is 9.47. The van der Waals surface area contributed by atoms with Gasteiger partial charge in [-0.2, -0.15) is 0 Å². The Hall–Kier alpha value is -0.0400. The van der Waals surface area contributed by atoms with E-state index in [2.05, 4.69) is 20.8 Å². The average Bonchev–Trinajstić information content (AvgIpc) is 2.84. The summed E-state index contributed by atoms with van der Waals surface area (Å²) in [5, 5.41) is 9.43. The van der Waals surface area contributed by atoms with E-state index >= 15 is 0 Å². The lowest BCUT2D eigenvalue weighted by Gasteiger charge is -2.58. The Labute approximate surface area is 125 Å². The van der Waals surface area contributed by atoms with Gasteiger partial charge in [0.05, 0.1) is 0 Å². The van der Waals surface area contributed by atoms with Crippen LogP contribution in [0.2, 0.25) is 0 Å². The van der Waals surface area contributed by atoms with Gasteiger partial charge in [0.1, 0.15) is 0 Å². The van der Waals surface area contributed by atoms with Crippen LogP contribution in [0.25, 0.3) is 0 Å². The molecule has 3 rings (SSSR count). The summed E-state index contributed by atoms with van der Waals surface area (Å²) in [6.07, 6.45) is 12.6. The molecule has 0 saturated heterocycles. The first-order valence-electron chi connectivity index (χ1n) is 9.16. The van der Waals surface area contributed by atoms with Gasteiger partial charge in [-0.15, -0.1) is 0 Å². The molecule has 116 valence electrons. The zero-order chi connectivity index (χ0) is 14.4. The van der Waals surface area contributed by atoms with E-state index in [-0.39, 0.29) is 0 Å². The van der Waals surface area contributed by atoms with Gasteiger partial charge in [-0.1, -0.05) is 33.6 Å². The van der Waals surface area contributed by atoms with Crippen molar-refractivity contribution in [3.63, 3.8) is 0 Å². The van der Waals surface area contributed by atoms with E-state index in [0.29, 0.717) is 17.4 Å². The van der Waals surface area contributed by atoms with Gasteiger partial charge in [0.2, 0.25) is 0 Å². The van der Waals surface area contributed by atoms with E-state index in [4.69, 9.17) is 0 Å². The zero-order valence-electron chi connectivity index (χ0n) is 13.8. The highest BCUT2D eigenvalue weighted by atomic mass is 16.3. The molecule has 0 amide bonds. The van der Waals surface area contributed by atoms with E-state index in [1.54, 1.807) is 0 Å². The maximum atomic E-state index is 9.43. The summed E-state index contributed by atoms with van der Waals surface area (Å²) < 4.78 is 0. The van der Waals surface area contributed by atoms with Gasteiger partial charge < -0.3 is 5.11 Å². The van der Waals surface area contributed by atoms with Crippen LogP contribution in [-0.2, 0) is 0 Å². The molecule has 1 heteroatoms. The Balaban J connectivity index is 1.85. The van der Waals surface area contributed by atoms with E-state index in [0.717, 1.165) is 30.1 Å². The Morgan fingerprint density at radius 1 is 1.00 bits per heavy atom. The zero-order valence-corrected chi connectivity index (χ0v) is 13.8. The number of aliphatic hydroxyl groups excluding tert-OH is 1. The fourth-order valence-electron chi connectivity index (χ4n) is 6.71. The minimum Gasteiger partial charge on any atom is -0.396 e. The first kappa shape index (κ1) is 14.9. The second-order valence-electron chi connectivity index (χ2n) is 8.61. The monoisotopic (exact) mass is 278 g/mol. The first-order chi connectivity index (χ1) is 9.55. The standard InChI is InChI=1S/C19H34O/c1-4-19(3)14(10-13-20)7-8-15-16-6-5-11-18(16,2)12-9-17(15)19/h14-17,20H,4-13H2,1-3H3/t14?,15-,16?,17?,18+,19+/m1/s1. The van der Waals surface area contributed by atoms with Crippen LogP contribution in [0.15, 0.2) is 0 Å². The number of rotatable bonds is 3. The van der Waals surface area contributed by atoms with Gasteiger partial charge in [-0.05, 0) is 79.4 Å².